The summed E-state index contributed by atoms with van der Waals surface area (Å²) < 4.78 is 7.42. The summed E-state index contributed by atoms with van der Waals surface area (Å²) in [4.78, 5) is 17.4. The van der Waals surface area contributed by atoms with E-state index in [4.69, 9.17) is 16.3 Å². The van der Waals surface area contributed by atoms with Gasteiger partial charge in [0.1, 0.15) is 0 Å². The molecule has 4 saturated carbocycles. The number of benzene rings is 1. The third-order valence-corrected chi connectivity index (χ3v) is 26.6. The Kier molecular flexibility index (Phi) is 77.0. The van der Waals surface area contributed by atoms with Crippen LogP contribution in [0.3, 0.4) is 0 Å². The Labute approximate surface area is 768 Å². The number of nitrogens with one attached hydrogen (secondary N) is 3. The van der Waals surface area contributed by atoms with Gasteiger partial charge in [-0.25, -0.2) is 4.98 Å². The molecule has 2 saturated heterocycles. The third-order valence-electron chi connectivity index (χ3n) is 26.2. The van der Waals surface area contributed by atoms with E-state index >= 15 is 0 Å². The third kappa shape index (κ3) is 73.8. The van der Waals surface area contributed by atoms with E-state index in [0.717, 1.165) is 139 Å². The Hall–Kier alpha value is -3.02. The van der Waals surface area contributed by atoms with Crippen LogP contribution in [0.5, 0.6) is 0 Å². The summed E-state index contributed by atoms with van der Waals surface area (Å²) in [6.07, 6.45) is 67.9. The Bertz CT molecular complexity index is 2640. The standard InChI is InChI=1S/C14H28.C12H25N.C12H24.C11H23N.C10H13Cl.C9H19N3.C9H16N2.C9H19N.C9H18.C8H11N.C8H18O/c1-12(2)14(3,4)11-10-13-8-6-5-7-9-13;1-11(2)7-6-10-13-12-8-4-3-5-9-12;2*1-11(2)7-6-10-12-8-4-3-5-9-12;1-7(2)9-5-4-8(3)10(11)6-9;1-8(2)4-3-5-10-9-11-6-7-12-9;1-9(2)4-3-6-11-7-5-10-8-11;1-9(2)5-8-10-6-3-4-7-10;1-8(2)9-6-4-3-5-7-9;1-7(2)8-3-5-9-6-4-8;1-4-6-9-7-5-8(2)3/h12-13H,5-11H2,1-4H3;11-13H,3-10H2,1-2H3;11-12H,3-10H2,1-2H3;11H,3-10H2,1-2H3;4-7H,1-3H3;8H,3-7H2,1-2H3,(H2,10,11,12);5,7-9H,3-4,6H2,1-2H3;9H,3-8H2,1-2H3;8-9H,3-7H2,1-2H3;3-7H,1-2H3;8H,4-7H2,1-3H3. The zero-order valence-electron chi connectivity index (χ0n) is 86.6. The van der Waals surface area contributed by atoms with Gasteiger partial charge in [0.2, 0.25) is 0 Å². The van der Waals surface area contributed by atoms with Gasteiger partial charge in [-0.05, 0) is 298 Å². The molecule has 5 heterocycles. The topological polar surface area (TPSA) is 94.9 Å². The van der Waals surface area contributed by atoms with Crippen LogP contribution in [0.25, 0.3) is 0 Å². The number of hydrogen-bond donors (Lipinski definition) is 3. The number of likely N-dealkylation sites (tertiary alicyclic amines) is 2. The molecule has 4 aliphatic carbocycles. The highest BCUT2D eigenvalue weighted by Gasteiger charge is 2.25. The maximum Gasteiger partial charge on any atom is 0.191 e. The maximum absolute atomic E-state index is 5.96. The quantitative estimate of drug-likeness (QED) is 0.0496. The number of rotatable bonds is 36. The van der Waals surface area contributed by atoms with Crippen LogP contribution in [-0.2, 0) is 11.3 Å². The highest BCUT2D eigenvalue weighted by Crippen LogP contribution is 2.37. The highest BCUT2D eigenvalue weighted by molar-refractivity contribution is 6.31. The van der Waals surface area contributed by atoms with Crippen LogP contribution in [0.1, 0.15) is 465 Å². The van der Waals surface area contributed by atoms with Crippen LogP contribution in [0.4, 0.5) is 0 Å². The number of pyridine rings is 1. The molecule has 716 valence electrons. The van der Waals surface area contributed by atoms with Gasteiger partial charge in [0, 0.05) is 68.7 Å². The number of hydrogen-bond acceptors (Lipinski definition) is 9. The average molecular weight is 1730 g/mol. The van der Waals surface area contributed by atoms with Crippen molar-refractivity contribution in [1.82, 2.24) is 40.3 Å². The van der Waals surface area contributed by atoms with Crippen molar-refractivity contribution in [1.29, 1.82) is 0 Å². The lowest BCUT2D eigenvalue weighted by atomic mass is 9.74. The largest absolute Gasteiger partial charge is 0.381 e. The van der Waals surface area contributed by atoms with E-state index in [1.54, 1.807) is 0 Å². The van der Waals surface area contributed by atoms with Gasteiger partial charge >= 0.3 is 0 Å². The minimum atomic E-state index is 0.553. The number of imidazole rings is 1. The van der Waals surface area contributed by atoms with Gasteiger partial charge in [-0.1, -0.05) is 338 Å². The molecular formula is C111H214ClN9O. The monoisotopic (exact) mass is 1720 g/mol. The zero-order valence-corrected chi connectivity index (χ0v) is 87.3. The molecule has 3 N–H and O–H groups in total. The first-order chi connectivity index (χ1) is 58.2. The van der Waals surface area contributed by atoms with Crippen LogP contribution in [0.2, 0.25) is 5.02 Å². The predicted molar refractivity (Wildman–Crippen MR) is 547 cm³/mol. The molecule has 2 aromatic heterocycles. The Morgan fingerprint density at radius 1 is 0.467 bits per heavy atom. The summed E-state index contributed by atoms with van der Waals surface area (Å²) >= 11 is 5.96. The first kappa shape index (κ1) is 119. The highest BCUT2D eigenvalue weighted by atomic mass is 35.5. The first-order valence-corrected chi connectivity index (χ1v) is 53.0. The molecule has 10 nitrogen and oxygen atoms in total. The molecule has 0 atom stereocenters. The molecule has 3 aromatic rings. The SMILES string of the molecule is CC(C)C(C)(C)CCC1CCCCC1.CC(C)C1CCCCC1.CC(C)CCCC1CCCCC1.CC(C)CCCN1CCCCC1.CC(C)CCCNC1=NCCN1.CC(C)CCCNC1CCCCC1.CC(C)CCCn1ccnc1.CC(C)CCN1CCCC1.CC(C)c1ccncc1.CCCOCCC(C)C.Cc1ccc(C(C)C)cc1Cl. The van der Waals surface area contributed by atoms with Crippen LogP contribution in [0.15, 0.2) is 66.4 Å². The van der Waals surface area contributed by atoms with Crippen molar-refractivity contribution in [3.05, 3.63) is 83.2 Å². The van der Waals surface area contributed by atoms with E-state index in [1.807, 2.05) is 56.2 Å². The van der Waals surface area contributed by atoms with Gasteiger partial charge < -0.3 is 35.1 Å². The van der Waals surface area contributed by atoms with E-state index in [-0.39, 0.29) is 0 Å². The second kappa shape index (κ2) is 79.0. The Morgan fingerprint density at radius 2 is 0.926 bits per heavy atom. The lowest BCUT2D eigenvalue weighted by Crippen LogP contribution is -2.34. The number of halogens is 1. The molecule has 0 radical (unpaired) electrons. The smallest absolute Gasteiger partial charge is 0.191 e. The molecule has 0 amide bonds. The van der Waals surface area contributed by atoms with Crippen molar-refractivity contribution in [2.45, 2.75) is 468 Å². The summed E-state index contributed by atoms with van der Waals surface area (Å²) in [7, 11) is 0. The summed E-state index contributed by atoms with van der Waals surface area (Å²) in [5.41, 5.74) is 4.36. The number of piperidine rings is 1. The minimum absolute atomic E-state index is 0.553. The lowest BCUT2D eigenvalue weighted by Gasteiger charge is -2.32. The number of ether oxygens (including phenoxy) is 1. The van der Waals surface area contributed by atoms with E-state index in [0.29, 0.717) is 17.3 Å². The van der Waals surface area contributed by atoms with Crippen molar-refractivity contribution in [2.24, 2.45) is 81.4 Å². The van der Waals surface area contributed by atoms with Crippen molar-refractivity contribution >= 4 is 17.6 Å². The summed E-state index contributed by atoms with van der Waals surface area (Å²) in [5.74, 6) is 13.1. The second-order valence-electron chi connectivity index (χ2n) is 43.0. The van der Waals surface area contributed by atoms with Crippen LogP contribution < -0.4 is 16.0 Å². The predicted octanol–water partition coefficient (Wildman–Crippen LogP) is 32.8. The van der Waals surface area contributed by atoms with Gasteiger partial charge in [0.25, 0.3) is 0 Å². The number of aromatic nitrogens is 3. The first-order valence-electron chi connectivity index (χ1n) is 52.6. The fraction of sp³-hybridized carbons (Fsp3) is 0.865. The summed E-state index contributed by atoms with van der Waals surface area (Å²) in [5, 5.41) is 11.0. The van der Waals surface area contributed by atoms with Crippen molar-refractivity contribution < 1.29 is 4.74 Å². The number of nitrogens with zero attached hydrogens (tertiary/aromatic N) is 6. The molecule has 0 unspecified atom stereocenters. The van der Waals surface area contributed by atoms with Crippen molar-refractivity contribution in [3.8, 4) is 0 Å². The van der Waals surface area contributed by atoms with Crippen molar-refractivity contribution in [2.75, 3.05) is 78.7 Å². The van der Waals surface area contributed by atoms with Gasteiger partial charge in [0.05, 0.1) is 12.9 Å². The van der Waals surface area contributed by atoms with Crippen LogP contribution >= 0.6 is 11.6 Å². The molecule has 11 heteroatoms. The molecule has 3 aliphatic heterocycles. The molecule has 0 spiro atoms. The zero-order chi connectivity index (χ0) is 91.0. The van der Waals surface area contributed by atoms with E-state index in [2.05, 4.69) is 231 Å². The summed E-state index contributed by atoms with van der Waals surface area (Å²) in [6.45, 7) is 74.4. The van der Waals surface area contributed by atoms with Gasteiger partial charge in [0.15, 0.2) is 5.96 Å². The number of guanidine groups is 1. The van der Waals surface area contributed by atoms with E-state index < -0.39 is 0 Å². The molecule has 122 heavy (non-hydrogen) atoms. The molecule has 1 aromatic carbocycles. The van der Waals surface area contributed by atoms with E-state index in [1.165, 1.54) is 314 Å². The molecule has 10 rings (SSSR count). The number of aryl methyl sites for hydroxylation is 2. The van der Waals surface area contributed by atoms with Crippen LogP contribution in [0, 0.1) is 83.4 Å². The normalized spacial score (nSPS) is 16.9. The minimum Gasteiger partial charge on any atom is -0.381 e. The second-order valence-corrected chi connectivity index (χ2v) is 43.4. The van der Waals surface area contributed by atoms with Gasteiger partial charge in [-0.15, -0.1) is 0 Å². The summed E-state index contributed by atoms with van der Waals surface area (Å²) in [6, 6.07) is 11.2. The lowest BCUT2D eigenvalue weighted by molar-refractivity contribution is 0.124. The van der Waals surface area contributed by atoms with Gasteiger partial charge in [-0.2, -0.15) is 0 Å². The van der Waals surface area contributed by atoms with Crippen molar-refractivity contribution in [3.63, 3.8) is 0 Å². The van der Waals surface area contributed by atoms with E-state index in [9.17, 15) is 0 Å². The molecule has 0 bridgehead atoms. The van der Waals surface area contributed by atoms with Crippen LogP contribution in [-0.4, -0.2) is 115 Å². The molecular weight excluding hydrogens is 1510 g/mol. The fourth-order valence-corrected chi connectivity index (χ4v) is 16.7. The maximum atomic E-state index is 5.96. The number of aliphatic imine (C=N–C) groups is 1. The average Bonchev–Trinajstić information content (AvgIpc) is 1.33. The van der Waals surface area contributed by atoms with Gasteiger partial charge in [-0.3, -0.25) is 9.98 Å². The Morgan fingerprint density at radius 3 is 1.37 bits per heavy atom. The Balaban J connectivity index is 0.00000132. The fourth-order valence-electron chi connectivity index (χ4n) is 16.5. The molecule has 6 fully saturated rings. The molecule has 7 aliphatic rings.